The molecule has 1 amide bonds. The Morgan fingerprint density at radius 2 is 1.92 bits per heavy atom. The summed E-state index contributed by atoms with van der Waals surface area (Å²) in [6.45, 7) is 2.07. The van der Waals surface area contributed by atoms with Crippen molar-refractivity contribution >= 4 is 17.7 Å². The number of nitrogens with zero attached hydrogens (tertiary/aromatic N) is 4. The third-order valence-electron chi connectivity index (χ3n) is 4.36. The second kappa shape index (κ2) is 7.29. The number of hydrogen-bond acceptors (Lipinski definition) is 5. The van der Waals surface area contributed by atoms with E-state index in [4.69, 9.17) is 0 Å². The highest BCUT2D eigenvalue weighted by molar-refractivity contribution is 7.99. The minimum Gasteiger partial charge on any atom is -0.353 e. The Morgan fingerprint density at radius 1 is 1.15 bits per heavy atom. The number of carbonyl (C=O) groups is 1. The highest BCUT2D eigenvalue weighted by atomic mass is 32.2. The number of hydrogen-bond donors (Lipinski definition) is 1. The fourth-order valence-electron chi connectivity index (χ4n) is 2.96. The predicted molar refractivity (Wildman–Crippen MR) is 101 cm³/mol. The van der Waals surface area contributed by atoms with Gasteiger partial charge in [-0.1, -0.05) is 29.5 Å². The van der Waals surface area contributed by atoms with E-state index in [0.717, 1.165) is 34.4 Å². The Bertz CT molecular complexity index is 907. The van der Waals surface area contributed by atoms with Crippen LogP contribution in [-0.2, 0) is 4.79 Å². The summed E-state index contributed by atoms with van der Waals surface area (Å²) in [6.07, 6.45) is 4.99. The van der Waals surface area contributed by atoms with Crippen LogP contribution in [0.4, 0.5) is 0 Å². The van der Waals surface area contributed by atoms with Gasteiger partial charge in [-0.15, -0.1) is 10.2 Å². The molecule has 3 aromatic rings. The standard InChI is InChI=1S/C19H19N5OS/c1-13-2-5-16(6-3-13)24-18(14-8-10-20-11-9-14)22-23-19(24)26-12-15-4-7-17(25)21-15/h2-3,5-6,8-11,15H,4,7,12H2,1H3,(H,21,25)/t15-/m1/s1. The van der Waals surface area contributed by atoms with Crippen LogP contribution < -0.4 is 5.32 Å². The molecule has 0 unspecified atom stereocenters. The van der Waals surface area contributed by atoms with Crippen LogP contribution in [0.2, 0.25) is 0 Å². The van der Waals surface area contributed by atoms with Crippen LogP contribution >= 0.6 is 11.8 Å². The SMILES string of the molecule is Cc1ccc(-n2c(SC[C@H]3CCC(=O)N3)nnc2-c2ccncc2)cc1. The number of benzene rings is 1. The van der Waals surface area contributed by atoms with E-state index in [1.165, 1.54) is 5.56 Å². The van der Waals surface area contributed by atoms with Gasteiger partial charge < -0.3 is 5.32 Å². The van der Waals surface area contributed by atoms with Crippen molar-refractivity contribution in [2.24, 2.45) is 0 Å². The smallest absolute Gasteiger partial charge is 0.220 e. The maximum absolute atomic E-state index is 11.4. The lowest BCUT2D eigenvalue weighted by Crippen LogP contribution is -2.27. The summed E-state index contributed by atoms with van der Waals surface area (Å²) < 4.78 is 2.07. The van der Waals surface area contributed by atoms with Gasteiger partial charge in [-0.2, -0.15) is 0 Å². The zero-order valence-electron chi connectivity index (χ0n) is 14.4. The number of pyridine rings is 1. The second-order valence-corrected chi connectivity index (χ2v) is 7.31. The summed E-state index contributed by atoms with van der Waals surface area (Å²) in [7, 11) is 0. The van der Waals surface area contributed by atoms with Gasteiger partial charge in [0.05, 0.1) is 0 Å². The fraction of sp³-hybridized carbons (Fsp3) is 0.263. The molecule has 6 nitrogen and oxygen atoms in total. The van der Waals surface area contributed by atoms with Gasteiger partial charge in [0.25, 0.3) is 0 Å². The number of carbonyl (C=O) groups excluding carboxylic acids is 1. The third-order valence-corrected chi connectivity index (χ3v) is 5.45. The van der Waals surface area contributed by atoms with Crippen molar-refractivity contribution in [3.63, 3.8) is 0 Å². The molecule has 1 saturated heterocycles. The van der Waals surface area contributed by atoms with E-state index in [1.54, 1.807) is 24.2 Å². The topological polar surface area (TPSA) is 72.7 Å². The molecule has 0 bridgehead atoms. The van der Waals surface area contributed by atoms with Gasteiger partial charge in [-0.3, -0.25) is 14.3 Å². The van der Waals surface area contributed by atoms with Crippen molar-refractivity contribution < 1.29 is 4.79 Å². The van der Waals surface area contributed by atoms with Crippen molar-refractivity contribution in [1.29, 1.82) is 0 Å². The predicted octanol–water partition coefficient (Wildman–Crippen LogP) is 3.01. The van der Waals surface area contributed by atoms with Crippen LogP contribution in [0.1, 0.15) is 18.4 Å². The first-order valence-electron chi connectivity index (χ1n) is 8.56. The minimum absolute atomic E-state index is 0.132. The molecular weight excluding hydrogens is 346 g/mol. The number of amides is 1. The van der Waals surface area contributed by atoms with E-state index < -0.39 is 0 Å². The van der Waals surface area contributed by atoms with Crippen LogP contribution in [0.15, 0.2) is 53.9 Å². The quantitative estimate of drug-likeness (QED) is 0.704. The van der Waals surface area contributed by atoms with Gasteiger partial charge in [-0.25, -0.2) is 0 Å². The normalized spacial score (nSPS) is 16.7. The monoisotopic (exact) mass is 365 g/mol. The molecule has 1 aromatic carbocycles. The molecule has 1 N–H and O–H groups in total. The number of nitrogens with one attached hydrogen (secondary N) is 1. The molecule has 26 heavy (non-hydrogen) atoms. The largest absolute Gasteiger partial charge is 0.353 e. The molecule has 0 spiro atoms. The summed E-state index contributed by atoms with van der Waals surface area (Å²) in [5.41, 5.74) is 3.19. The minimum atomic E-state index is 0.132. The van der Waals surface area contributed by atoms with E-state index >= 15 is 0 Å². The van der Waals surface area contributed by atoms with E-state index in [1.807, 2.05) is 12.1 Å². The van der Waals surface area contributed by atoms with Gasteiger partial charge in [-0.05, 0) is 37.6 Å². The van der Waals surface area contributed by atoms with Crippen LogP contribution in [0.5, 0.6) is 0 Å². The van der Waals surface area contributed by atoms with Crippen LogP contribution in [0.3, 0.4) is 0 Å². The maximum Gasteiger partial charge on any atom is 0.220 e. The molecule has 1 atom stereocenters. The van der Waals surface area contributed by atoms with Crippen molar-refractivity contribution in [2.75, 3.05) is 5.75 Å². The van der Waals surface area contributed by atoms with Gasteiger partial charge in [0.15, 0.2) is 11.0 Å². The summed E-state index contributed by atoms with van der Waals surface area (Å²) in [5.74, 6) is 1.70. The molecule has 132 valence electrons. The van der Waals surface area contributed by atoms with Gasteiger partial charge in [0.2, 0.25) is 5.91 Å². The molecule has 1 aliphatic rings. The number of aryl methyl sites for hydroxylation is 1. The molecule has 4 rings (SSSR count). The second-order valence-electron chi connectivity index (χ2n) is 6.33. The number of thioether (sulfide) groups is 1. The first-order chi connectivity index (χ1) is 12.7. The maximum atomic E-state index is 11.4. The average molecular weight is 365 g/mol. The third kappa shape index (κ3) is 3.48. The van der Waals surface area contributed by atoms with Crippen molar-refractivity contribution in [3.05, 3.63) is 54.4 Å². The molecule has 0 aliphatic carbocycles. The Kier molecular flexibility index (Phi) is 4.71. The van der Waals surface area contributed by atoms with E-state index in [2.05, 4.69) is 56.3 Å². The molecular formula is C19H19N5OS. The Hall–Kier alpha value is -2.67. The number of aromatic nitrogens is 4. The molecule has 1 fully saturated rings. The van der Waals surface area contributed by atoms with Crippen molar-refractivity contribution in [1.82, 2.24) is 25.1 Å². The Balaban J connectivity index is 1.68. The van der Waals surface area contributed by atoms with Crippen LogP contribution in [-0.4, -0.2) is 37.5 Å². The summed E-state index contributed by atoms with van der Waals surface area (Å²) >= 11 is 1.62. The summed E-state index contributed by atoms with van der Waals surface area (Å²) in [4.78, 5) is 15.5. The highest BCUT2D eigenvalue weighted by Crippen LogP contribution is 2.29. The molecule has 3 heterocycles. The summed E-state index contributed by atoms with van der Waals surface area (Å²) in [5, 5.41) is 12.7. The lowest BCUT2D eigenvalue weighted by molar-refractivity contribution is -0.119. The lowest BCUT2D eigenvalue weighted by Gasteiger charge is -2.12. The van der Waals surface area contributed by atoms with E-state index in [9.17, 15) is 4.79 Å². The van der Waals surface area contributed by atoms with Gasteiger partial charge in [0, 0.05) is 41.9 Å². The van der Waals surface area contributed by atoms with Crippen LogP contribution in [0.25, 0.3) is 17.1 Å². The van der Waals surface area contributed by atoms with Crippen LogP contribution in [0, 0.1) is 6.92 Å². The zero-order valence-corrected chi connectivity index (χ0v) is 15.2. The van der Waals surface area contributed by atoms with E-state index in [-0.39, 0.29) is 11.9 Å². The lowest BCUT2D eigenvalue weighted by atomic mass is 10.2. The first kappa shape index (κ1) is 16.8. The first-order valence-corrected chi connectivity index (χ1v) is 9.54. The highest BCUT2D eigenvalue weighted by Gasteiger charge is 2.23. The molecule has 0 saturated carbocycles. The van der Waals surface area contributed by atoms with Gasteiger partial charge in [0.1, 0.15) is 0 Å². The molecule has 0 radical (unpaired) electrons. The molecule has 1 aliphatic heterocycles. The van der Waals surface area contributed by atoms with Crippen molar-refractivity contribution in [3.8, 4) is 17.1 Å². The van der Waals surface area contributed by atoms with Gasteiger partial charge >= 0.3 is 0 Å². The van der Waals surface area contributed by atoms with E-state index in [0.29, 0.717) is 6.42 Å². The Morgan fingerprint density at radius 3 is 2.62 bits per heavy atom. The zero-order chi connectivity index (χ0) is 17.9. The molecule has 2 aromatic heterocycles. The fourth-order valence-corrected chi connectivity index (χ4v) is 3.98. The summed E-state index contributed by atoms with van der Waals surface area (Å²) in [6, 6.07) is 12.4. The molecule has 7 heteroatoms. The number of rotatable bonds is 5. The average Bonchev–Trinajstić information content (AvgIpc) is 3.27. The van der Waals surface area contributed by atoms with Crippen molar-refractivity contribution in [2.45, 2.75) is 31.0 Å². The Labute approximate surface area is 156 Å².